The zero-order valence-electron chi connectivity index (χ0n) is 5.63. The third-order valence-corrected chi connectivity index (χ3v) is 1.04. The highest BCUT2D eigenvalue weighted by atomic mass is 35.5. The van der Waals surface area contributed by atoms with Gasteiger partial charge >= 0.3 is 0 Å². The minimum Gasteiger partial charge on any atom is -0.272 e. The Kier molecular flexibility index (Phi) is 4.26. The monoisotopic (exact) mass is 154 g/mol. The van der Waals surface area contributed by atoms with Gasteiger partial charge in [-0.1, -0.05) is 11.6 Å². The Bertz CT molecular complexity index is 216. The molecule has 0 unspecified atom stereocenters. The number of nitrogens with zero attached hydrogens (tertiary/aromatic N) is 2. The van der Waals surface area contributed by atoms with Gasteiger partial charge in [-0.15, -0.1) is 0 Å². The summed E-state index contributed by atoms with van der Waals surface area (Å²) in [4.78, 5) is 3.43. The van der Waals surface area contributed by atoms with Crippen molar-refractivity contribution in [2.24, 2.45) is 4.99 Å². The van der Waals surface area contributed by atoms with E-state index < -0.39 is 0 Å². The maximum absolute atomic E-state index is 8.42. The maximum Gasteiger partial charge on any atom is 0.100 e. The van der Waals surface area contributed by atoms with Gasteiger partial charge in [-0.05, 0) is 19.7 Å². The van der Waals surface area contributed by atoms with Crippen molar-refractivity contribution in [1.82, 2.24) is 0 Å². The van der Waals surface area contributed by atoms with Crippen LogP contribution in [0.2, 0.25) is 0 Å². The van der Waals surface area contributed by atoms with Gasteiger partial charge in [0, 0.05) is 11.2 Å². The van der Waals surface area contributed by atoms with Crippen molar-refractivity contribution < 1.29 is 0 Å². The molecule has 0 aromatic carbocycles. The third kappa shape index (κ3) is 3.06. The number of aliphatic imine (C=N–C) groups is 1. The first-order chi connectivity index (χ1) is 4.72. The zero-order valence-corrected chi connectivity index (χ0v) is 6.39. The van der Waals surface area contributed by atoms with Crippen molar-refractivity contribution >= 4 is 18.3 Å². The number of hydrogen-bond acceptors (Lipinski definition) is 2. The Morgan fingerprint density at radius 1 is 1.80 bits per heavy atom. The molecule has 3 heteroatoms. The fraction of sp³-hybridized carbons (Fsp3) is 0.143. The lowest BCUT2D eigenvalue weighted by Crippen LogP contribution is -1.72. The van der Waals surface area contributed by atoms with Crippen LogP contribution in [0.3, 0.4) is 0 Å². The van der Waals surface area contributed by atoms with E-state index in [-0.39, 0.29) is 0 Å². The summed E-state index contributed by atoms with van der Waals surface area (Å²) >= 11 is 5.52. The number of halogens is 1. The summed E-state index contributed by atoms with van der Waals surface area (Å²) < 4.78 is 0. The van der Waals surface area contributed by atoms with Crippen LogP contribution in [0.5, 0.6) is 0 Å². The Labute approximate surface area is 65.1 Å². The molecule has 0 aromatic rings. The quantitative estimate of drug-likeness (QED) is 0.341. The normalized spacial score (nSPS) is 12.5. The van der Waals surface area contributed by atoms with Gasteiger partial charge in [-0.3, -0.25) is 4.99 Å². The Morgan fingerprint density at radius 2 is 2.40 bits per heavy atom. The lowest BCUT2D eigenvalue weighted by molar-refractivity contribution is 1.45. The van der Waals surface area contributed by atoms with E-state index in [1.54, 1.807) is 6.92 Å². The lowest BCUT2D eigenvalue weighted by atomic mass is 10.3. The van der Waals surface area contributed by atoms with E-state index in [4.69, 9.17) is 16.9 Å². The molecule has 0 rings (SSSR count). The average Bonchev–Trinajstić information content (AvgIpc) is 1.89. The van der Waals surface area contributed by atoms with Gasteiger partial charge in [0.15, 0.2) is 0 Å². The van der Waals surface area contributed by atoms with Crippen LogP contribution in [0.1, 0.15) is 6.92 Å². The minimum atomic E-state index is 0.411. The van der Waals surface area contributed by atoms with E-state index in [1.807, 2.05) is 6.07 Å². The lowest BCUT2D eigenvalue weighted by Gasteiger charge is -1.86. The zero-order chi connectivity index (χ0) is 7.98. The van der Waals surface area contributed by atoms with Crippen LogP contribution >= 0.6 is 11.6 Å². The predicted octanol–water partition coefficient (Wildman–Crippen LogP) is 2.24. The molecule has 0 aromatic heterocycles. The molecule has 0 aliphatic carbocycles. The molecule has 0 atom stereocenters. The van der Waals surface area contributed by atoms with Crippen LogP contribution in [-0.2, 0) is 0 Å². The van der Waals surface area contributed by atoms with Crippen molar-refractivity contribution in [3.05, 3.63) is 22.9 Å². The van der Waals surface area contributed by atoms with E-state index in [1.165, 1.54) is 12.3 Å². The number of rotatable bonds is 2. The molecule has 0 bridgehead atoms. The van der Waals surface area contributed by atoms with Gasteiger partial charge in [0.05, 0.1) is 5.57 Å². The van der Waals surface area contributed by atoms with E-state index in [9.17, 15) is 0 Å². The molecular weight excluding hydrogens is 148 g/mol. The largest absolute Gasteiger partial charge is 0.272 e. The summed E-state index contributed by atoms with van der Waals surface area (Å²) in [7, 11) is 0. The van der Waals surface area contributed by atoms with Crippen molar-refractivity contribution in [2.75, 3.05) is 0 Å². The van der Waals surface area contributed by atoms with Gasteiger partial charge in [0.2, 0.25) is 0 Å². The van der Waals surface area contributed by atoms with Gasteiger partial charge in [-0.25, -0.2) is 0 Å². The predicted molar refractivity (Wildman–Crippen MR) is 42.9 cm³/mol. The molecule has 0 aliphatic rings. The van der Waals surface area contributed by atoms with Crippen LogP contribution in [0.4, 0.5) is 0 Å². The molecular formula is C7H7ClN2. The fourth-order valence-electron chi connectivity index (χ4n) is 0.356. The summed E-state index contributed by atoms with van der Waals surface area (Å²) in [5.74, 6) is 0. The van der Waals surface area contributed by atoms with E-state index in [2.05, 4.69) is 11.7 Å². The summed E-state index contributed by atoms with van der Waals surface area (Å²) in [6.45, 7) is 4.86. The maximum atomic E-state index is 8.42. The highest BCUT2D eigenvalue weighted by molar-refractivity contribution is 6.30. The summed E-state index contributed by atoms with van der Waals surface area (Å²) in [5.41, 5.74) is 0.411. The van der Waals surface area contributed by atoms with Crippen LogP contribution < -0.4 is 0 Å². The molecule has 0 saturated carbocycles. The summed E-state index contributed by atoms with van der Waals surface area (Å²) in [6.07, 6.45) is 2.93. The standard InChI is InChI=1S/C7H7ClN2/c1-6(8)7(5-9)3-4-10-2/h3-4H,2H2,1H3/b4-3-,7-6-. The molecule has 10 heavy (non-hydrogen) atoms. The van der Waals surface area contributed by atoms with E-state index in [0.29, 0.717) is 10.6 Å². The Balaban J connectivity index is 4.43. The highest BCUT2D eigenvalue weighted by Crippen LogP contribution is 2.08. The molecule has 0 amide bonds. The van der Waals surface area contributed by atoms with Gasteiger partial charge in [0.1, 0.15) is 6.07 Å². The van der Waals surface area contributed by atoms with Gasteiger partial charge in [-0.2, -0.15) is 5.26 Å². The summed E-state index contributed by atoms with van der Waals surface area (Å²) in [6, 6.07) is 1.91. The Hall–Kier alpha value is -1.07. The SMILES string of the molecule is C=N/C=C\C(C#N)=C(/C)Cl. The van der Waals surface area contributed by atoms with Crippen molar-refractivity contribution in [3.8, 4) is 6.07 Å². The smallest absolute Gasteiger partial charge is 0.100 e. The van der Waals surface area contributed by atoms with Gasteiger partial charge in [0.25, 0.3) is 0 Å². The number of nitriles is 1. The second kappa shape index (κ2) is 4.78. The highest BCUT2D eigenvalue weighted by Gasteiger charge is 1.91. The molecule has 0 N–H and O–H groups in total. The molecule has 0 heterocycles. The van der Waals surface area contributed by atoms with E-state index in [0.717, 1.165) is 0 Å². The van der Waals surface area contributed by atoms with Crippen LogP contribution in [0, 0.1) is 11.3 Å². The summed E-state index contributed by atoms with van der Waals surface area (Å²) in [5, 5.41) is 8.88. The van der Waals surface area contributed by atoms with Gasteiger partial charge < -0.3 is 0 Å². The van der Waals surface area contributed by atoms with Crippen molar-refractivity contribution in [3.63, 3.8) is 0 Å². The third-order valence-electron chi connectivity index (χ3n) is 0.838. The first-order valence-corrected chi connectivity index (χ1v) is 2.99. The molecule has 0 radical (unpaired) electrons. The first-order valence-electron chi connectivity index (χ1n) is 2.61. The molecule has 2 nitrogen and oxygen atoms in total. The van der Waals surface area contributed by atoms with Crippen LogP contribution in [0.15, 0.2) is 27.9 Å². The average molecular weight is 155 g/mol. The van der Waals surface area contributed by atoms with Crippen molar-refractivity contribution in [2.45, 2.75) is 6.92 Å². The number of hydrogen-bond donors (Lipinski definition) is 0. The second-order valence-electron chi connectivity index (χ2n) is 1.56. The van der Waals surface area contributed by atoms with Crippen LogP contribution in [0.25, 0.3) is 0 Å². The second-order valence-corrected chi connectivity index (χ2v) is 2.12. The Morgan fingerprint density at radius 3 is 2.70 bits per heavy atom. The molecule has 0 saturated heterocycles. The van der Waals surface area contributed by atoms with Crippen LogP contribution in [-0.4, -0.2) is 6.72 Å². The van der Waals surface area contributed by atoms with E-state index >= 15 is 0 Å². The minimum absolute atomic E-state index is 0.411. The van der Waals surface area contributed by atoms with Crippen molar-refractivity contribution in [1.29, 1.82) is 5.26 Å². The molecule has 0 fully saturated rings. The molecule has 0 aliphatic heterocycles. The number of allylic oxidation sites excluding steroid dienone is 3. The molecule has 52 valence electrons. The topological polar surface area (TPSA) is 36.1 Å². The molecule has 0 spiro atoms. The fourth-order valence-corrected chi connectivity index (χ4v) is 0.462. The first kappa shape index (κ1) is 8.93.